The summed E-state index contributed by atoms with van der Waals surface area (Å²) in [5.41, 5.74) is 1.04. The molecule has 0 N–H and O–H groups in total. The Morgan fingerprint density at radius 1 is 1.05 bits per heavy atom. The number of esters is 1. The zero-order valence-electron chi connectivity index (χ0n) is 25.1. The Bertz CT molecular complexity index is 1480. The topological polar surface area (TPSA) is 120 Å². The van der Waals surface area contributed by atoms with Crippen LogP contribution in [0, 0.1) is 11.3 Å². The van der Waals surface area contributed by atoms with Crippen molar-refractivity contribution >= 4 is 22.8 Å². The quantitative estimate of drug-likeness (QED) is 0.160. The van der Waals surface area contributed by atoms with Gasteiger partial charge in [0.05, 0.1) is 20.8 Å². The van der Waals surface area contributed by atoms with Gasteiger partial charge in [-0.05, 0) is 43.9 Å². The minimum absolute atomic E-state index is 0.0697. The van der Waals surface area contributed by atoms with Gasteiger partial charge in [-0.3, -0.25) is 0 Å². The van der Waals surface area contributed by atoms with E-state index in [1.54, 1.807) is 32.9 Å². The van der Waals surface area contributed by atoms with Crippen LogP contribution in [0.1, 0.15) is 59.7 Å². The van der Waals surface area contributed by atoms with E-state index in [4.69, 9.17) is 28.4 Å². The van der Waals surface area contributed by atoms with Crippen LogP contribution in [0.5, 0.6) is 11.5 Å². The van der Waals surface area contributed by atoms with E-state index in [-0.39, 0.29) is 35.8 Å². The molecule has 3 rings (SSSR count). The van der Waals surface area contributed by atoms with Crippen molar-refractivity contribution in [2.75, 3.05) is 35.5 Å². The summed E-state index contributed by atoms with van der Waals surface area (Å²) in [5.74, 6) is -0.331. The number of hydrogen-bond acceptors (Lipinski definition) is 9. The van der Waals surface area contributed by atoms with Crippen LogP contribution in [0.15, 0.2) is 42.5 Å². The summed E-state index contributed by atoms with van der Waals surface area (Å²) in [7, 11) is 7.10. The zero-order valence-corrected chi connectivity index (χ0v) is 25.1. The van der Waals surface area contributed by atoms with Gasteiger partial charge < -0.3 is 38.5 Å². The van der Waals surface area contributed by atoms with Crippen LogP contribution in [0.4, 0.5) is 4.79 Å². The van der Waals surface area contributed by atoms with E-state index in [0.29, 0.717) is 21.9 Å². The molecule has 0 aromatic heterocycles. The first kappa shape index (κ1) is 32.0. The number of fused-ring (bicyclic) bond motifs is 1. The SMILES string of the molecule is COC(=O)c1c(OC)cc2cc(C(OC)OC)c(C#[N+][O-])c(OCc3ccccc3)c2c1CN(C)C(=O)OC(C)(C)C. The maximum Gasteiger partial charge on any atom is 0.410 e. The molecule has 0 aliphatic heterocycles. The van der Waals surface area contributed by atoms with Crippen molar-refractivity contribution in [2.24, 2.45) is 0 Å². The highest BCUT2D eigenvalue weighted by atomic mass is 16.7. The van der Waals surface area contributed by atoms with Crippen molar-refractivity contribution in [3.63, 3.8) is 0 Å². The third kappa shape index (κ3) is 7.21. The lowest BCUT2D eigenvalue weighted by atomic mass is 9.92. The van der Waals surface area contributed by atoms with Crippen LogP contribution >= 0.6 is 0 Å². The number of amides is 1. The molecule has 0 heterocycles. The van der Waals surface area contributed by atoms with Crippen LogP contribution in [0.2, 0.25) is 0 Å². The van der Waals surface area contributed by atoms with Crippen LogP contribution in [-0.4, -0.2) is 58.1 Å². The number of rotatable bonds is 10. The molecule has 0 radical (unpaired) electrons. The molecule has 0 atom stereocenters. The molecule has 0 aliphatic rings. The predicted octanol–water partition coefficient (Wildman–Crippen LogP) is 6.05. The highest BCUT2D eigenvalue weighted by Crippen LogP contribution is 2.43. The van der Waals surface area contributed by atoms with Gasteiger partial charge in [-0.15, -0.1) is 0 Å². The summed E-state index contributed by atoms with van der Waals surface area (Å²) in [6.07, 6.45) is -1.54. The van der Waals surface area contributed by atoms with Crippen molar-refractivity contribution in [1.29, 1.82) is 0 Å². The third-order valence-electron chi connectivity index (χ3n) is 6.25. The van der Waals surface area contributed by atoms with Gasteiger partial charge in [0.2, 0.25) is 0 Å². The molecule has 0 saturated carbocycles. The number of nitrogens with zero attached hydrogens (tertiary/aromatic N) is 2. The van der Waals surface area contributed by atoms with Gasteiger partial charge in [0.15, 0.2) is 17.6 Å². The van der Waals surface area contributed by atoms with Crippen molar-refractivity contribution in [1.82, 2.24) is 4.90 Å². The fourth-order valence-electron chi connectivity index (χ4n) is 4.47. The summed E-state index contributed by atoms with van der Waals surface area (Å²) in [4.78, 5) is 27.5. The predicted molar refractivity (Wildman–Crippen MR) is 157 cm³/mol. The largest absolute Gasteiger partial charge is 0.498 e. The van der Waals surface area contributed by atoms with Crippen LogP contribution in [0.25, 0.3) is 15.8 Å². The standard InChI is InChI=1S/C31H36N2O9/c1-31(2,3)42-30(35)33(4)17-23-25-20(15-24(37-5)26(23)28(34)38-6)14-21(29(39-7)40-8)22(16-32-36)27(25)41-18-19-12-10-9-11-13-19/h9-15,29H,17-18H2,1-8H3. The van der Waals surface area contributed by atoms with Crippen molar-refractivity contribution < 1.29 is 38.0 Å². The summed E-state index contributed by atoms with van der Waals surface area (Å²) in [5, 5.41) is 15.5. The highest BCUT2D eigenvalue weighted by Gasteiger charge is 2.31. The van der Waals surface area contributed by atoms with Gasteiger partial charge in [0.1, 0.15) is 23.5 Å². The second-order valence-electron chi connectivity index (χ2n) is 10.3. The average Bonchev–Trinajstić information content (AvgIpc) is 2.96. The Hall–Kier alpha value is -4.53. The van der Waals surface area contributed by atoms with E-state index in [1.165, 1.54) is 40.4 Å². The molecular formula is C31H36N2O9. The molecule has 3 aromatic carbocycles. The van der Waals surface area contributed by atoms with Crippen molar-refractivity contribution in [2.45, 2.75) is 45.8 Å². The van der Waals surface area contributed by atoms with E-state index in [1.807, 2.05) is 30.3 Å². The van der Waals surface area contributed by atoms with E-state index < -0.39 is 24.0 Å². The summed E-state index contributed by atoms with van der Waals surface area (Å²) in [6.45, 7) is 5.24. The monoisotopic (exact) mass is 580 g/mol. The molecule has 0 spiro atoms. The average molecular weight is 581 g/mol. The molecule has 0 aliphatic carbocycles. The maximum absolute atomic E-state index is 13.2. The molecular weight excluding hydrogens is 544 g/mol. The molecule has 42 heavy (non-hydrogen) atoms. The van der Waals surface area contributed by atoms with Gasteiger partial charge in [-0.25, -0.2) is 9.59 Å². The summed E-state index contributed by atoms with van der Waals surface area (Å²) < 4.78 is 33.7. The molecule has 224 valence electrons. The number of methoxy groups -OCH3 is 4. The minimum Gasteiger partial charge on any atom is -0.498 e. The Kier molecular flexibility index (Phi) is 10.6. The Morgan fingerprint density at radius 3 is 2.26 bits per heavy atom. The summed E-state index contributed by atoms with van der Waals surface area (Å²) in [6, 6.07) is 15.2. The maximum atomic E-state index is 13.2. The molecule has 11 heteroatoms. The number of hydrogen-bond donors (Lipinski definition) is 0. The van der Waals surface area contributed by atoms with Gasteiger partial charge in [0, 0.05) is 42.8 Å². The van der Waals surface area contributed by atoms with E-state index in [2.05, 4.69) is 11.1 Å². The Labute approximate surface area is 245 Å². The highest BCUT2D eigenvalue weighted by molar-refractivity contribution is 6.05. The van der Waals surface area contributed by atoms with Gasteiger partial charge in [0.25, 0.3) is 0 Å². The molecule has 0 fully saturated rings. The van der Waals surface area contributed by atoms with Crippen LogP contribution in [0.3, 0.4) is 0 Å². The first-order valence-corrected chi connectivity index (χ1v) is 13.0. The Morgan fingerprint density at radius 2 is 1.71 bits per heavy atom. The zero-order chi connectivity index (χ0) is 31.0. The lowest BCUT2D eigenvalue weighted by Gasteiger charge is -2.27. The lowest BCUT2D eigenvalue weighted by Crippen LogP contribution is -2.34. The van der Waals surface area contributed by atoms with Gasteiger partial charge >= 0.3 is 18.1 Å². The fourth-order valence-corrected chi connectivity index (χ4v) is 4.47. The first-order valence-electron chi connectivity index (χ1n) is 13.0. The van der Waals surface area contributed by atoms with Crippen molar-refractivity contribution in [3.05, 3.63) is 80.5 Å². The normalized spacial score (nSPS) is 11.1. The molecule has 0 unspecified atom stereocenters. The lowest BCUT2D eigenvalue weighted by molar-refractivity contribution is -0.106. The molecule has 11 nitrogen and oxygen atoms in total. The second-order valence-corrected chi connectivity index (χ2v) is 10.3. The van der Waals surface area contributed by atoms with E-state index in [9.17, 15) is 14.8 Å². The number of ether oxygens (including phenoxy) is 6. The number of carbonyl (C=O) groups excluding carboxylic acids is 2. The minimum atomic E-state index is -0.920. The third-order valence-corrected chi connectivity index (χ3v) is 6.25. The molecule has 1 amide bonds. The smallest absolute Gasteiger partial charge is 0.410 e. The van der Waals surface area contributed by atoms with Gasteiger partial charge in [-0.1, -0.05) is 30.3 Å². The van der Waals surface area contributed by atoms with Gasteiger partial charge in [-0.2, -0.15) is 0 Å². The molecule has 3 aromatic rings. The van der Waals surface area contributed by atoms with Crippen LogP contribution in [-0.2, 0) is 32.1 Å². The fraction of sp³-hybridized carbons (Fsp3) is 0.387. The Balaban J connectivity index is 2.45. The molecule has 0 saturated heterocycles. The van der Waals surface area contributed by atoms with Crippen LogP contribution < -0.4 is 9.47 Å². The first-order chi connectivity index (χ1) is 20.0. The second kappa shape index (κ2) is 13.9. The number of benzene rings is 3. The number of carbonyl (C=O) groups is 2. The summed E-state index contributed by atoms with van der Waals surface area (Å²) >= 11 is 0. The van der Waals surface area contributed by atoms with Crippen molar-refractivity contribution in [3.8, 4) is 17.6 Å². The van der Waals surface area contributed by atoms with E-state index >= 15 is 0 Å². The van der Waals surface area contributed by atoms with E-state index in [0.717, 1.165) is 5.56 Å². The molecule has 0 bridgehead atoms.